The Bertz CT molecular complexity index is 421. The average molecular weight is 254 g/mol. The molecule has 1 amide bonds. The van der Waals surface area contributed by atoms with Gasteiger partial charge in [-0.05, 0) is 24.1 Å². The average Bonchev–Trinajstić information content (AvgIpc) is 2.21. The number of phenolic OH excluding ortho intramolecular Hbond substituents is 1. The lowest BCUT2D eigenvalue weighted by atomic mass is 10.1. The van der Waals surface area contributed by atoms with Gasteiger partial charge in [0.05, 0.1) is 6.54 Å². The van der Waals surface area contributed by atoms with Crippen LogP contribution in [0.25, 0.3) is 0 Å². The van der Waals surface area contributed by atoms with Crippen molar-refractivity contribution in [1.82, 2.24) is 4.90 Å². The molecule has 1 aromatic rings. The van der Waals surface area contributed by atoms with Crippen molar-refractivity contribution in [3.05, 3.63) is 29.6 Å². The SMILES string of the molecule is CC(C)CN(CC(N)=O)Cc1cc(F)ccc1O. The topological polar surface area (TPSA) is 66.6 Å². The molecule has 0 unspecified atom stereocenters. The van der Waals surface area contributed by atoms with Crippen molar-refractivity contribution in [3.63, 3.8) is 0 Å². The molecule has 4 nitrogen and oxygen atoms in total. The van der Waals surface area contributed by atoms with Crippen LogP contribution in [-0.4, -0.2) is 29.0 Å². The summed E-state index contributed by atoms with van der Waals surface area (Å²) in [5.41, 5.74) is 5.63. The lowest BCUT2D eigenvalue weighted by Gasteiger charge is -2.23. The van der Waals surface area contributed by atoms with E-state index in [0.717, 1.165) is 0 Å². The Morgan fingerprint density at radius 1 is 1.50 bits per heavy atom. The van der Waals surface area contributed by atoms with Gasteiger partial charge in [-0.3, -0.25) is 9.69 Å². The molecule has 0 aromatic heterocycles. The number of primary amides is 1. The summed E-state index contributed by atoms with van der Waals surface area (Å²) in [5.74, 6) is -0.479. The van der Waals surface area contributed by atoms with Crippen LogP contribution in [0.15, 0.2) is 18.2 Å². The summed E-state index contributed by atoms with van der Waals surface area (Å²) in [6.45, 7) is 5.07. The maximum atomic E-state index is 13.1. The van der Waals surface area contributed by atoms with E-state index in [1.807, 2.05) is 13.8 Å². The molecule has 0 bridgehead atoms. The Kier molecular flexibility index (Phi) is 5.09. The number of benzene rings is 1. The van der Waals surface area contributed by atoms with Crippen molar-refractivity contribution in [3.8, 4) is 5.75 Å². The number of phenols is 1. The van der Waals surface area contributed by atoms with E-state index in [1.165, 1.54) is 18.2 Å². The first-order valence-electron chi connectivity index (χ1n) is 5.86. The minimum Gasteiger partial charge on any atom is -0.508 e. The largest absolute Gasteiger partial charge is 0.508 e. The molecular weight excluding hydrogens is 235 g/mol. The monoisotopic (exact) mass is 254 g/mol. The number of amides is 1. The minimum absolute atomic E-state index is 0.0228. The molecular formula is C13H19FN2O2. The molecule has 0 spiro atoms. The highest BCUT2D eigenvalue weighted by atomic mass is 19.1. The number of halogens is 1. The summed E-state index contributed by atoms with van der Waals surface area (Å²) in [6, 6.07) is 3.77. The zero-order valence-electron chi connectivity index (χ0n) is 10.7. The molecule has 0 heterocycles. The smallest absolute Gasteiger partial charge is 0.231 e. The van der Waals surface area contributed by atoms with Gasteiger partial charge in [0.15, 0.2) is 0 Å². The highest BCUT2D eigenvalue weighted by molar-refractivity contribution is 5.75. The van der Waals surface area contributed by atoms with E-state index in [4.69, 9.17) is 5.73 Å². The first-order valence-corrected chi connectivity index (χ1v) is 5.86. The van der Waals surface area contributed by atoms with Crippen molar-refractivity contribution >= 4 is 5.91 Å². The fourth-order valence-corrected chi connectivity index (χ4v) is 1.84. The van der Waals surface area contributed by atoms with Gasteiger partial charge in [-0.2, -0.15) is 0 Å². The zero-order chi connectivity index (χ0) is 13.7. The molecule has 18 heavy (non-hydrogen) atoms. The molecule has 0 saturated heterocycles. The van der Waals surface area contributed by atoms with E-state index >= 15 is 0 Å². The molecule has 0 radical (unpaired) electrons. The molecule has 1 aromatic carbocycles. The Morgan fingerprint density at radius 3 is 2.72 bits per heavy atom. The predicted octanol–water partition coefficient (Wildman–Crippen LogP) is 1.47. The summed E-state index contributed by atoms with van der Waals surface area (Å²) in [6.07, 6.45) is 0. The maximum Gasteiger partial charge on any atom is 0.231 e. The van der Waals surface area contributed by atoms with E-state index in [1.54, 1.807) is 4.90 Å². The molecule has 0 saturated carbocycles. The Balaban J connectivity index is 2.81. The summed E-state index contributed by atoms with van der Waals surface area (Å²) in [4.78, 5) is 12.8. The van der Waals surface area contributed by atoms with Gasteiger partial charge in [-0.15, -0.1) is 0 Å². The first kappa shape index (κ1) is 14.4. The standard InChI is InChI=1S/C13H19FN2O2/c1-9(2)6-16(8-13(15)18)7-10-5-11(14)3-4-12(10)17/h3-5,9,17H,6-8H2,1-2H3,(H2,15,18). The number of nitrogens with zero attached hydrogens (tertiary/aromatic N) is 1. The summed E-state index contributed by atoms with van der Waals surface area (Å²) in [5, 5.41) is 9.64. The number of hydrogen-bond acceptors (Lipinski definition) is 3. The molecule has 0 atom stereocenters. The van der Waals surface area contributed by atoms with Crippen LogP contribution < -0.4 is 5.73 Å². The molecule has 100 valence electrons. The fraction of sp³-hybridized carbons (Fsp3) is 0.462. The van der Waals surface area contributed by atoms with Crippen molar-refractivity contribution < 1.29 is 14.3 Å². The summed E-state index contributed by atoms with van der Waals surface area (Å²) in [7, 11) is 0. The third-order valence-electron chi connectivity index (χ3n) is 2.44. The van der Waals surface area contributed by atoms with Crippen LogP contribution in [0.4, 0.5) is 4.39 Å². The van der Waals surface area contributed by atoms with E-state index in [0.29, 0.717) is 24.6 Å². The summed E-state index contributed by atoms with van der Waals surface area (Å²) >= 11 is 0. The predicted molar refractivity (Wildman–Crippen MR) is 67.4 cm³/mol. The van der Waals surface area contributed by atoms with Crippen LogP contribution in [0.1, 0.15) is 19.4 Å². The van der Waals surface area contributed by atoms with Gasteiger partial charge in [0, 0.05) is 18.7 Å². The molecule has 0 aliphatic carbocycles. The Labute approximate surface area is 106 Å². The minimum atomic E-state index is -0.438. The molecule has 5 heteroatoms. The van der Waals surface area contributed by atoms with Crippen LogP contribution in [0.3, 0.4) is 0 Å². The quantitative estimate of drug-likeness (QED) is 0.808. The van der Waals surface area contributed by atoms with Gasteiger partial charge >= 0.3 is 0 Å². The molecule has 1 rings (SSSR count). The number of nitrogens with two attached hydrogens (primary N) is 1. The van der Waals surface area contributed by atoms with Crippen LogP contribution in [0.2, 0.25) is 0 Å². The highest BCUT2D eigenvalue weighted by Gasteiger charge is 2.13. The number of rotatable bonds is 6. The highest BCUT2D eigenvalue weighted by Crippen LogP contribution is 2.20. The second-order valence-electron chi connectivity index (χ2n) is 4.80. The Hall–Kier alpha value is -1.62. The van der Waals surface area contributed by atoms with Crippen LogP contribution >= 0.6 is 0 Å². The normalized spacial score (nSPS) is 11.2. The van der Waals surface area contributed by atoms with Gasteiger partial charge in [-0.1, -0.05) is 13.8 Å². The lowest BCUT2D eigenvalue weighted by molar-refractivity contribution is -0.119. The van der Waals surface area contributed by atoms with Crippen molar-refractivity contribution in [1.29, 1.82) is 0 Å². The maximum absolute atomic E-state index is 13.1. The van der Waals surface area contributed by atoms with Crippen molar-refractivity contribution in [2.24, 2.45) is 11.7 Å². The van der Waals surface area contributed by atoms with Crippen LogP contribution in [0, 0.1) is 11.7 Å². The number of carbonyl (C=O) groups excluding carboxylic acids is 1. The third-order valence-corrected chi connectivity index (χ3v) is 2.44. The molecule has 3 N–H and O–H groups in total. The van der Waals surface area contributed by atoms with Gasteiger partial charge in [0.25, 0.3) is 0 Å². The molecule has 0 aliphatic rings. The zero-order valence-corrected chi connectivity index (χ0v) is 10.7. The lowest BCUT2D eigenvalue weighted by Crippen LogP contribution is -2.35. The van der Waals surface area contributed by atoms with Gasteiger partial charge in [0.2, 0.25) is 5.91 Å². The molecule has 0 fully saturated rings. The van der Waals surface area contributed by atoms with E-state index in [-0.39, 0.29) is 12.3 Å². The van der Waals surface area contributed by atoms with Gasteiger partial charge in [-0.25, -0.2) is 4.39 Å². The number of carbonyl (C=O) groups is 1. The van der Waals surface area contributed by atoms with Gasteiger partial charge < -0.3 is 10.8 Å². The fourth-order valence-electron chi connectivity index (χ4n) is 1.84. The Morgan fingerprint density at radius 2 is 2.17 bits per heavy atom. The second-order valence-corrected chi connectivity index (χ2v) is 4.80. The van der Waals surface area contributed by atoms with Crippen molar-refractivity contribution in [2.45, 2.75) is 20.4 Å². The first-order chi connectivity index (χ1) is 8.38. The van der Waals surface area contributed by atoms with Gasteiger partial charge in [0.1, 0.15) is 11.6 Å². The van der Waals surface area contributed by atoms with Crippen molar-refractivity contribution in [2.75, 3.05) is 13.1 Å². The van der Waals surface area contributed by atoms with Crippen LogP contribution in [-0.2, 0) is 11.3 Å². The number of hydrogen-bond donors (Lipinski definition) is 2. The third kappa shape index (κ3) is 4.71. The summed E-state index contributed by atoms with van der Waals surface area (Å²) < 4.78 is 13.1. The second kappa shape index (κ2) is 6.35. The van der Waals surface area contributed by atoms with E-state index in [9.17, 15) is 14.3 Å². The molecule has 0 aliphatic heterocycles. The van der Waals surface area contributed by atoms with E-state index in [2.05, 4.69) is 0 Å². The number of aromatic hydroxyl groups is 1. The van der Waals surface area contributed by atoms with E-state index < -0.39 is 11.7 Å². The van der Waals surface area contributed by atoms with Crippen LogP contribution in [0.5, 0.6) is 5.75 Å².